The highest BCUT2D eigenvalue weighted by Gasteiger charge is 2.30. The van der Waals surface area contributed by atoms with Crippen LogP contribution in [0.2, 0.25) is 0 Å². The van der Waals surface area contributed by atoms with Gasteiger partial charge in [0, 0.05) is 5.92 Å². The van der Waals surface area contributed by atoms with Crippen LogP contribution in [0, 0.1) is 0 Å². The zero-order chi connectivity index (χ0) is 12.5. The van der Waals surface area contributed by atoms with E-state index in [0.717, 1.165) is 11.3 Å². The number of esters is 1. The van der Waals surface area contributed by atoms with E-state index in [1.165, 1.54) is 0 Å². The summed E-state index contributed by atoms with van der Waals surface area (Å²) in [4.78, 5) is 15.8. The molecule has 92 valence electrons. The van der Waals surface area contributed by atoms with Crippen molar-refractivity contribution in [1.29, 1.82) is 0 Å². The summed E-state index contributed by atoms with van der Waals surface area (Å²) < 4.78 is 4.97. The molecule has 0 radical (unpaired) electrons. The van der Waals surface area contributed by atoms with Gasteiger partial charge in [-0.25, -0.2) is 9.78 Å². The SMILES string of the molecule is CCOC(=O)c1cc2c(cn1)NC1C=CC=CC21. The Hall–Kier alpha value is -2.10. The summed E-state index contributed by atoms with van der Waals surface area (Å²) in [6.45, 7) is 2.15. The molecule has 0 amide bonds. The second-order valence-electron chi connectivity index (χ2n) is 4.34. The summed E-state index contributed by atoms with van der Waals surface area (Å²) in [5, 5.41) is 3.38. The van der Waals surface area contributed by atoms with E-state index in [-0.39, 0.29) is 17.9 Å². The van der Waals surface area contributed by atoms with Gasteiger partial charge in [0.05, 0.1) is 24.5 Å². The zero-order valence-electron chi connectivity index (χ0n) is 10.1. The molecule has 3 rings (SSSR count). The molecule has 1 N–H and O–H groups in total. The Labute approximate surface area is 105 Å². The van der Waals surface area contributed by atoms with Gasteiger partial charge in [0.25, 0.3) is 0 Å². The van der Waals surface area contributed by atoms with Crippen LogP contribution in [0.25, 0.3) is 0 Å². The van der Waals surface area contributed by atoms with Gasteiger partial charge in [-0.05, 0) is 18.6 Å². The van der Waals surface area contributed by atoms with Crippen LogP contribution in [0.1, 0.15) is 28.9 Å². The van der Waals surface area contributed by atoms with Crippen LogP contribution in [0.3, 0.4) is 0 Å². The summed E-state index contributed by atoms with van der Waals surface area (Å²) in [5.74, 6) is -0.0831. The third kappa shape index (κ3) is 1.70. The molecule has 0 saturated carbocycles. The third-order valence-corrected chi connectivity index (χ3v) is 3.24. The number of carbonyl (C=O) groups excluding carboxylic acids is 1. The predicted molar refractivity (Wildman–Crippen MR) is 68.6 cm³/mol. The number of aromatic nitrogens is 1. The van der Waals surface area contributed by atoms with Gasteiger partial charge in [-0.2, -0.15) is 0 Å². The first-order valence-electron chi connectivity index (χ1n) is 6.08. The lowest BCUT2D eigenvalue weighted by molar-refractivity contribution is 0.0519. The first kappa shape index (κ1) is 11.0. The maximum absolute atomic E-state index is 11.7. The molecule has 1 aromatic heterocycles. The molecule has 4 heteroatoms. The smallest absolute Gasteiger partial charge is 0.356 e. The van der Waals surface area contributed by atoms with Crippen molar-refractivity contribution < 1.29 is 9.53 Å². The van der Waals surface area contributed by atoms with Gasteiger partial charge in [0.1, 0.15) is 5.69 Å². The topological polar surface area (TPSA) is 51.2 Å². The number of anilines is 1. The van der Waals surface area contributed by atoms with E-state index in [0.29, 0.717) is 12.3 Å². The summed E-state index contributed by atoms with van der Waals surface area (Å²) in [5.41, 5.74) is 2.48. The Bertz CT molecular complexity index is 549. The number of allylic oxidation sites excluding steroid dienone is 2. The van der Waals surface area contributed by atoms with Crippen molar-refractivity contribution >= 4 is 11.7 Å². The van der Waals surface area contributed by atoms with Gasteiger partial charge in [0.15, 0.2) is 0 Å². The van der Waals surface area contributed by atoms with Gasteiger partial charge in [-0.15, -0.1) is 0 Å². The van der Waals surface area contributed by atoms with Crippen molar-refractivity contribution in [2.45, 2.75) is 18.9 Å². The molecular formula is C14H14N2O2. The van der Waals surface area contributed by atoms with Crippen LogP contribution in [0.15, 0.2) is 36.6 Å². The zero-order valence-corrected chi connectivity index (χ0v) is 10.1. The molecule has 18 heavy (non-hydrogen) atoms. The fourth-order valence-electron chi connectivity index (χ4n) is 2.41. The Morgan fingerprint density at radius 3 is 3.11 bits per heavy atom. The van der Waals surface area contributed by atoms with Gasteiger partial charge in [-0.1, -0.05) is 24.3 Å². The largest absolute Gasteiger partial charge is 0.461 e. The average Bonchev–Trinajstić information content (AvgIpc) is 2.76. The molecule has 0 saturated heterocycles. The summed E-state index contributed by atoms with van der Waals surface area (Å²) in [6.07, 6.45) is 10.0. The minimum absolute atomic E-state index is 0.268. The Balaban J connectivity index is 1.95. The van der Waals surface area contributed by atoms with E-state index in [2.05, 4.69) is 22.5 Å². The summed E-state index contributed by atoms with van der Waals surface area (Å²) in [6, 6.07) is 2.10. The maximum atomic E-state index is 11.7. The van der Waals surface area contributed by atoms with Crippen LogP contribution in [-0.4, -0.2) is 23.6 Å². The highest BCUT2D eigenvalue weighted by molar-refractivity contribution is 5.88. The van der Waals surface area contributed by atoms with Gasteiger partial charge in [-0.3, -0.25) is 0 Å². The molecule has 2 aliphatic rings. The molecule has 0 spiro atoms. The molecule has 1 aromatic rings. The standard InChI is InChI=1S/C14H14N2O2/c1-2-18-14(17)12-7-10-9-5-3-4-6-11(9)16-13(10)8-15-12/h3-9,11,16H,2H2,1H3. The van der Waals surface area contributed by atoms with E-state index in [4.69, 9.17) is 4.74 Å². The van der Waals surface area contributed by atoms with Crippen LogP contribution in [0.4, 0.5) is 5.69 Å². The van der Waals surface area contributed by atoms with E-state index < -0.39 is 0 Å². The number of nitrogens with one attached hydrogen (secondary N) is 1. The monoisotopic (exact) mass is 242 g/mol. The molecule has 0 bridgehead atoms. The van der Waals surface area contributed by atoms with Crippen molar-refractivity contribution in [1.82, 2.24) is 4.98 Å². The lowest BCUT2D eigenvalue weighted by atomic mass is 9.92. The van der Waals surface area contributed by atoms with Crippen LogP contribution in [0.5, 0.6) is 0 Å². The number of hydrogen-bond donors (Lipinski definition) is 1. The van der Waals surface area contributed by atoms with E-state index in [1.807, 2.05) is 18.2 Å². The number of hydrogen-bond acceptors (Lipinski definition) is 4. The fraction of sp³-hybridized carbons (Fsp3) is 0.286. The van der Waals surface area contributed by atoms with Crippen molar-refractivity contribution in [3.8, 4) is 0 Å². The molecule has 2 unspecified atom stereocenters. The maximum Gasteiger partial charge on any atom is 0.356 e. The molecule has 0 aromatic carbocycles. The first-order valence-corrected chi connectivity index (χ1v) is 6.08. The van der Waals surface area contributed by atoms with Gasteiger partial charge < -0.3 is 10.1 Å². The molecular weight excluding hydrogens is 228 g/mol. The number of nitrogens with zero attached hydrogens (tertiary/aromatic N) is 1. The van der Waals surface area contributed by atoms with Crippen LogP contribution in [-0.2, 0) is 4.74 Å². The Kier molecular flexibility index (Phi) is 2.63. The second-order valence-corrected chi connectivity index (χ2v) is 4.34. The average molecular weight is 242 g/mol. The van der Waals surface area contributed by atoms with E-state index >= 15 is 0 Å². The van der Waals surface area contributed by atoms with E-state index in [1.54, 1.807) is 13.1 Å². The van der Waals surface area contributed by atoms with Crippen molar-refractivity contribution in [2.75, 3.05) is 11.9 Å². The molecule has 4 nitrogen and oxygen atoms in total. The van der Waals surface area contributed by atoms with Gasteiger partial charge in [0.2, 0.25) is 0 Å². The van der Waals surface area contributed by atoms with Gasteiger partial charge >= 0.3 is 5.97 Å². The minimum Gasteiger partial charge on any atom is -0.461 e. The molecule has 0 fully saturated rings. The molecule has 2 atom stereocenters. The normalized spacial score (nSPS) is 23.2. The summed E-state index contributed by atoms with van der Waals surface area (Å²) >= 11 is 0. The lowest BCUT2D eigenvalue weighted by Crippen LogP contribution is -2.17. The minimum atomic E-state index is -0.362. The number of carbonyl (C=O) groups is 1. The van der Waals surface area contributed by atoms with Crippen LogP contribution < -0.4 is 5.32 Å². The first-order chi connectivity index (χ1) is 8.79. The third-order valence-electron chi connectivity index (χ3n) is 3.24. The quantitative estimate of drug-likeness (QED) is 0.808. The number of pyridine rings is 1. The predicted octanol–water partition coefficient (Wildman–Crippen LogP) is 2.26. The fourth-order valence-corrected chi connectivity index (χ4v) is 2.41. The van der Waals surface area contributed by atoms with Crippen LogP contribution >= 0.6 is 0 Å². The van der Waals surface area contributed by atoms with E-state index in [9.17, 15) is 4.79 Å². The molecule has 2 heterocycles. The van der Waals surface area contributed by atoms with Crippen molar-refractivity contribution in [3.63, 3.8) is 0 Å². The van der Waals surface area contributed by atoms with Crippen molar-refractivity contribution in [3.05, 3.63) is 47.8 Å². The number of fused-ring (bicyclic) bond motifs is 3. The second kappa shape index (κ2) is 4.29. The molecule has 1 aliphatic carbocycles. The Morgan fingerprint density at radius 1 is 1.44 bits per heavy atom. The number of ether oxygens (including phenoxy) is 1. The lowest BCUT2D eigenvalue weighted by Gasteiger charge is -2.15. The highest BCUT2D eigenvalue weighted by atomic mass is 16.5. The highest BCUT2D eigenvalue weighted by Crippen LogP contribution is 2.38. The summed E-state index contributed by atoms with van der Waals surface area (Å²) in [7, 11) is 0. The Morgan fingerprint density at radius 2 is 2.28 bits per heavy atom. The van der Waals surface area contributed by atoms with Crippen molar-refractivity contribution in [2.24, 2.45) is 0 Å². The molecule has 1 aliphatic heterocycles. The number of rotatable bonds is 2.